The fourth-order valence-electron chi connectivity index (χ4n) is 2.79. The Labute approximate surface area is 157 Å². The minimum Gasteiger partial charge on any atom is -0.486 e. The van der Waals surface area contributed by atoms with E-state index in [2.05, 4.69) is 9.97 Å². The van der Waals surface area contributed by atoms with E-state index in [9.17, 15) is 4.79 Å². The van der Waals surface area contributed by atoms with Gasteiger partial charge in [0.1, 0.15) is 17.5 Å². The van der Waals surface area contributed by atoms with Gasteiger partial charge in [-0.05, 0) is 39.0 Å². The van der Waals surface area contributed by atoms with Crippen molar-refractivity contribution in [3.05, 3.63) is 41.9 Å². The molecule has 3 rings (SSSR count). The molecule has 26 heavy (non-hydrogen) atoms. The summed E-state index contributed by atoms with van der Waals surface area (Å²) in [4.78, 5) is 23.0. The summed E-state index contributed by atoms with van der Waals surface area (Å²) in [6.45, 7) is 7.33. The van der Waals surface area contributed by atoms with Crippen LogP contribution >= 0.6 is 11.8 Å². The van der Waals surface area contributed by atoms with E-state index in [4.69, 9.17) is 9.47 Å². The highest BCUT2D eigenvalue weighted by molar-refractivity contribution is 7.99. The lowest BCUT2D eigenvalue weighted by atomic mass is 10.2. The lowest BCUT2D eigenvalue weighted by Crippen LogP contribution is -2.44. The summed E-state index contributed by atoms with van der Waals surface area (Å²) >= 11 is 1.44. The van der Waals surface area contributed by atoms with Crippen LogP contribution in [0, 0.1) is 13.8 Å². The molecule has 1 amide bonds. The Morgan fingerprint density at radius 2 is 2.04 bits per heavy atom. The molecule has 0 saturated carbocycles. The van der Waals surface area contributed by atoms with Gasteiger partial charge in [-0.3, -0.25) is 4.79 Å². The van der Waals surface area contributed by atoms with Crippen molar-refractivity contribution in [2.24, 2.45) is 0 Å². The smallest absolute Gasteiger partial charge is 0.233 e. The molecule has 0 aliphatic carbocycles. The molecule has 1 aromatic heterocycles. The van der Waals surface area contributed by atoms with Gasteiger partial charge in [0.05, 0.1) is 12.3 Å². The lowest BCUT2D eigenvalue weighted by molar-refractivity contribution is -0.129. The molecule has 0 saturated heterocycles. The lowest BCUT2D eigenvalue weighted by Gasteiger charge is -2.30. The largest absolute Gasteiger partial charge is 0.486 e. The summed E-state index contributed by atoms with van der Waals surface area (Å²) in [5.74, 6) is 2.61. The number of likely N-dealkylation sites (N-methyl/N-ethyl adjacent to an activating group) is 1. The Kier molecular flexibility index (Phi) is 5.98. The van der Waals surface area contributed by atoms with Crippen LogP contribution in [0.1, 0.15) is 18.4 Å². The van der Waals surface area contributed by atoms with Crippen molar-refractivity contribution >= 4 is 17.7 Å². The second-order valence-corrected chi connectivity index (χ2v) is 7.11. The summed E-state index contributed by atoms with van der Waals surface area (Å²) in [5, 5.41) is 0.825. The molecule has 6 nitrogen and oxygen atoms in total. The Balaban J connectivity index is 1.56. The third-order valence-corrected chi connectivity index (χ3v) is 4.91. The van der Waals surface area contributed by atoms with Gasteiger partial charge in [0.25, 0.3) is 0 Å². The Morgan fingerprint density at radius 3 is 2.77 bits per heavy atom. The summed E-state index contributed by atoms with van der Waals surface area (Å²) in [7, 11) is 0. The van der Waals surface area contributed by atoms with Gasteiger partial charge in [-0.15, -0.1) is 0 Å². The van der Waals surface area contributed by atoms with Crippen molar-refractivity contribution in [3.63, 3.8) is 0 Å². The van der Waals surface area contributed by atoms with Gasteiger partial charge < -0.3 is 14.4 Å². The first kappa shape index (κ1) is 18.5. The predicted octanol–water partition coefficient (Wildman–Crippen LogP) is 2.87. The molecule has 1 unspecified atom stereocenters. The van der Waals surface area contributed by atoms with Gasteiger partial charge in [-0.25, -0.2) is 9.97 Å². The number of para-hydroxylation sites is 2. The molecule has 0 bridgehead atoms. The zero-order valence-corrected chi connectivity index (χ0v) is 16.1. The van der Waals surface area contributed by atoms with Crippen molar-refractivity contribution in [2.45, 2.75) is 31.9 Å². The van der Waals surface area contributed by atoms with Crippen LogP contribution in [0.4, 0.5) is 0 Å². The first-order valence-corrected chi connectivity index (χ1v) is 9.65. The minimum absolute atomic E-state index is 0.0638. The number of carbonyl (C=O) groups is 1. The molecule has 1 aliphatic heterocycles. The molecule has 1 atom stereocenters. The zero-order valence-electron chi connectivity index (χ0n) is 15.3. The minimum atomic E-state index is -0.165. The van der Waals surface area contributed by atoms with Crippen LogP contribution in [-0.2, 0) is 4.79 Å². The summed E-state index contributed by atoms with van der Waals surface area (Å²) < 4.78 is 11.7. The molecule has 1 aliphatic rings. The van der Waals surface area contributed by atoms with Crippen LogP contribution in [0.2, 0.25) is 0 Å². The Hall–Kier alpha value is -2.28. The average Bonchev–Trinajstić information content (AvgIpc) is 2.63. The highest BCUT2D eigenvalue weighted by atomic mass is 32.2. The zero-order chi connectivity index (χ0) is 18.5. The topological polar surface area (TPSA) is 64.6 Å². The van der Waals surface area contributed by atoms with Crippen LogP contribution in [0.15, 0.2) is 35.4 Å². The number of thioether (sulfide) groups is 1. The summed E-state index contributed by atoms with van der Waals surface area (Å²) in [6, 6.07) is 9.50. The first-order valence-electron chi connectivity index (χ1n) is 8.66. The summed E-state index contributed by atoms with van der Waals surface area (Å²) in [6.07, 6.45) is -0.165. The highest BCUT2D eigenvalue weighted by Crippen LogP contribution is 2.31. The van der Waals surface area contributed by atoms with Gasteiger partial charge in [0.2, 0.25) is 5.91 Å². The number of ether oxygens (including phenoxy) is 2. The number of benzene rings is 1. The third kappa shape index (κ3) is 4.66. The second-order valence-electron chi connectivity index (χ2n) is 6.11. The number of carbonyl (C=O) groups excluding carboxylic acids is 1. The predicted molar refractivity (Wildman–Crippen MR) is 101 cm³/mol. The Morgan fingerprint density at radius 1 is 1.27 bits per heavy atom. The SMILES string of the molecule is CCN(CC1COc2ccccc2O1)C(=O)CSc1cc(C)nc(C)n1. The van der Waals surface area contributed by atoms with Crippen LogP contribution in [0.5, 0.6) is 11.5 Å². The van der Waals surface area contributed by atoms with Crippen LogP contribution < -0.4 is 9.47 Å². The molecule has 138 valence electrons. The van der Waals surface area contributed by atoms with Crippen LogP contribution in [0.3, 0.4) is 0 Å². The van der Waals surface area contributed by atoms with E-state index in [1.165, 1.54) is 11.8 Å². The number of nitrogens with zero attached hydrogens (tertiary/aromatic N) is 3. The second kappa shape index (κ2) is 8.40. The van der Waals surface area contributed by atoms with Gasteiger partial charge in [0, 0.05) is 12.2 Å². The van der Waals surface area contributed by atoms with Crippen molar-refractivity contribution < 1.29 is 14.3 Å². The van der Waals surface area contributed by atoms with E-state index in [0.29, 0.717) is 25.4 Å². The molecular weight excluding hydrogens is 350 g/mol. The monoisotopic (exact) mass is 373 g/mol. The third-order valence-electron chi connectivity index (χ3n) is 4.01. The standard InChI is InChI=1S/C19H23N3O3S/c1-4-22(10-15-11-24-16-7-5-6-8-17(16)25-15)19(23)12-26-18-9-13(2)20-14(3)21-18/h5-9,15H,4,10-12H2,1-3H3. The maximum atomic E-state index is 12.6. The molecule has 7 heteroatoms. The van der Waals surface area contributed by atoms with E-state index in [1.807, 2.05) is 51.1 Å². The number of hydrogen-bond acceptors (Lipinski definition) is 6. The average molecular weight is 373 g/mol. The fraction of sp³-hybridized carbons (Fsp3) is 0.421. The molecular formula is C19H23N3O3S. The number of hydrogen-bond donors (Lipinski definition) is 0. The first-order chi connectivity index (χ1) is 12.5. The molecule has 1 aromatic carbocycles. The van der Waals surface area contributed by atoms with Crippen LogP contribution in [0.25, 0.3) is 0 Å². The van der Waals surface area contributed by atoms with Crippen molar-refractivity contribution in [1.82, 2.24) is 14.9 Å². The molecule has 0 spiro atoms. The molecule has 0 fully saturated rings. The quantitative estimate of drug-likeness (QED) is 0.573. The fourth-order valence-corrected chi connectivity index (χ4v) is 3.69. The summed E-state index contributed by atoms with van der Waals surface area (Å²) in [5.41, 5.74) is 0.909. The van der Waals surface area contributed by atoms with E-state index >= 15 is 0 Å². The number of amides is 1. The number of aryl methyl sites for hydroxylation is 2. The molecule has 0 radical (unpaired) electrons. The van der Waals surface area contributed by atoms with Gasteiger partial charge in [0.15, 0.2) is 17.6 Å². The van der Waals surface area contributed by atoms with Gasteiger partial charge in [-0.2, -0.15) is 0 Å². The van der Waals surface area contributed by atoms with Gasteiger partial charge >= 0.3 is 0 Å². The van der Waals surface area contributed by atoms with Crippen molar-refractivity contribution in [2.75, 3.05) is 25.4 Å². The maximum absolute atomic E-state index is 12.6. The molecule has 2 heterocycles. The van der Waals surface area contributed by atoms with E-state index < -0.39 is 0 Å². The van der Waals surface area contributed by atoms with Gasteiger partial charge in [-0.1, -0.05) is 23.9 Å². The van der Waals surface area contributed by atoms with E-state index in [0.717, 1.165) is 28.0 Å². The number of rotatable bonds is 6. The number of aromatic nitrogens is 2. The number of fused-ring (bicyclic) bond motifs is 1. The molecule has 0 N–H and O–H groups in total. The Bertz CT molecular complexity index is 764. The van der Waals surface area contributed by atoms with E-state index in [-0.39, 0.29) is 12.0 Å². The normalized spacial score (nSPS) is 15.6. The van der Waals surface area contributed by atoms with Crippen molar-refractivity contribution in [1.29, 1.82) is 0 Å². The van der Waals surface area contributed by atoms with Crippen molar-refractivity contribution in [3.8, 4) is 11.5 Å². The molecule has 2 aromatic rings. The van der Waals surface area contributed by atoms with E-state index in [1.54, 1.807) is 4.90 Å². The van der Waals surface area contributed by atoms with Crippen LogP contribution in [-0.4, -0.2) is 52.3 Å². The maximum Gasteiger partial charge on any atom is 0.233 e. The highest BCUT2D eigenvalue weighted by Gasteiger charge is 2.24.